The van der Waals surface area contributed by atoms with Crippen molar-refractivity contribution < 1.29 is 9.21 Å². The Morgan fingerprint density at radius 2 is 1.88 bits per heavy atom. The van der Waals surface area contributed by atoms with Crippen LogP contribution < -0.4 is 0 Å². The second kappa shape index (κ2) is 10.5. The number of amides is 1. The van der Waals surface area contributed by atoms with Gasteiger partial charge in [-0.2, -0.15) is 5.10 Å². The molecule has 5 nitrogen and oxygen atoms in total. The number of benzene rings is 2. The van der Waals surface area contributed by atoms with E-state index in [0.717, 1.165) is 5.56 Å². The number of rotatable bonds is 6. The summed E-state index contributed by atoms with van der Waals surface area (Å²) in [6.07, 6.45) is 8.56. The summed E-state index contributed by atoms with van der Waals surface area (Å²) in [7, 11) is 0. The monoisotopic (exact) mass is 481 g/mol. The molecule has 0 atom stereocenters. The average Bonchev–Trinajstić information content (AvgIpc) is 3.42. The minimum absolute atomic E-state index is 0.212. The summed E-state index contributed by atoms with van der Waals surface area (Å²) >= 11 is 13.6. The number of carbonyl (C=O) groups is 1. The van der Waals surface area contributed by atoms with Crippen molar-refractivity contribution in [3.8, 4) is 0 Å². The molecule has 3 aromatic rings. The van der Waals surface area contributed by atoms with Crippen molar-refractivity contribution >= 4 is 64.4 Å². The van der Waals surface area contributed by atoms with Crippen LogP contribution in [0.15, 0.2) is 92.5 Å². The Labute approximate surface area is 199 Å². The van der Waals surface area contributed by atoms with Crippen LogP contribution in [0.2, 0.25) is 10.0 Å². The summed E-state index contributed by atoms with van der Waals surface area (Å²) in [5, 5.41) is 9.63. The van der Waals surface area contributed by atoms with E-state index in [1.807, 2.05) is 36.4 Å². The first-order valence-corrected chi connectivity index (χ1v) is 11.2. The molecular formula is C24H17Cl2N3O2S. The molecule has 1 amide bonds. The quantitative estimate of drug-likeness (QED) is 0.222. The van der Waals surface area contributed by atoms with E-state index in [9.17, 15) is 4.79 Å². The lowest BCUT2D eigenvalue weighted by atomic mass is 10.2. The minimum Gasteiger partial charge on any atom is -0.467 e. The van der Waals surface area contributed by atoms with E-state index < -0.39 is 0 Å². The SMILES string of the molecule is O=C1/C(=C/c2cccc(Cl)c2Cl)S\C(=N/N=C/C=C/c2ccccc2)N1Cc1ccco1. The standard InChI is InChI=1S/C24H17Cl2N3O2S/c25-20-12-4-10-18(22(20)26)15-21-23(30)29(16-19-11-6-14-31-19)24(32-21)28-27-13-5-9-17-7-2-1-3-8-17/h1-15H,16H2/b9-5+,21-15-,27-13+,28-24-. The summed E-state index contributed by atoms with van der Waals surface area (Å²) < 4.78 is 5.41. The Morgan fingerprint density at radius 1 is 1.03 bits per heavy atom. The van der Waals surface area contributed by atoms with Crippen LogP contribution in [-0.4, -0.2) is 22.2 Å². The highest BCUT2D eigenvalue weighted by Gasteiger charge is 2.34. The van der Waals surface area contributed by atoms with Crippen LogP contribution >= 0.6 is 35.0 Å². The Hall–Kier alpha value is -3.06. The molecule has 2 heterocycles. The lowest BCUT2D eigenvalue weighted by molar-refractivity contribution is -0.122. The molecule has 1 aliphatic heterocycles. The molecule has 1 aromatic heterocycles. The van der Waals surface area contributed by atoms with Crippen LogP contribution in [0.5, 0.6) is 0 Å². The van der Waals surface area contributed by atoms with Crippen molar-refractivity contribution in [3.05, 3.63) is 105 Å². The molecule has 1 fully saturated rings. The van der Waals surface area contributed by atoms with Gasteiger partial charge in [0.15, 0.2) is 5.17 Å². The van der Waals surface area contributed by atoms with Gasteiger partial charge in [0, 0.05) is 6.21 Å². The summed E-state index contributed by atoms with van der Waals surface area (Å²) in [5.41, 5.74) is 1.71. The molecule has 8 heteroatoms. The summed E-state index contributed by atoms with van der Waals surface area (Å²) in [6, 6.07) is 18.7. The normalized spacial score (nSPS) is 16.9. The van der Waals surface area contributed by atoms with Crippen LogP contribution in [0, 0.1) is 0 Å². The molecule has 1 aliphatic rings. The van der Waals surface area contributed by atoms with Gasteiger partial charge in [0.05, 0.1) is 27.8 Å². The second-order valence-corrected chi connectivity index (χ2v) is 8.44. The Balaban J connectivity index is 1.58. The van der Waals surface area contributed by atoms with E-state index in [-0.39, 0.29) is 12.5 Å². The molecule has 0 spiro atoms. The number of thioether (sulfide) groups is 1. The maximum atomic E-state index is 13.1. The van der Waals surface area contributed by atoms with Crippen molar-refractivity contribution in [3.63, 3.8) is 0 Å². The van der Waals surface area contributed by atoms with Crippen molar-refractivity contribution in [1.82, 2.24) is 4.90 Å². The number of furan rings is 1. The molecule has 0 radical (unpaired) electrons. The smallest absolute Gasteiger partial charge is 0.267 e. The van der Waals surface area contributed by atoms with E-state index in [1.165, 1.54) is 16.7 Å². The molecular weight excluding hydrogens is 465 g/mol. The first kappa shape index (κ1) is 22.1. The van der Waals surface area contributed by atoms with E-state index >= 15 is 0 Å². The van der Waals surface area contributed by atoms with Gasteiger partial charge in [-0.3, -0.25) is 9.69 Å². The Bertz CT molecular complexity index is 1220. The van der Waals surface area contributed by atoms with Gasteiger partial charge in [0.2, 0.25) is 0 Å². The van der Waals surface area contributed by atoms with Gasteiger partial charge in [-0.05, 0) is 53.2 Å². The fourth-order valence-electron chi connectivity index (χ4n) is 2.89. The summed E-state index contributed by atoms with van der Waals surface area (Å²) in [5.74, 6) is 0.429. The number of allylic oxidation sites excluding steroid dienone is 1. The lowest BCUT2D eigenvalue weighted by Crippen LogP contribution is -2.28. The predicted molar refractivity (Wildman–Crippen MR) is 133 cm³/mol. The predicted octanol–water partition coefficient (Wildman–Crippen LogP) is 6.76. The third kappa shape index (κ3) is 5.40. The second-order valence-electron chi connectivity index (χ2n) is 6.64. The average molecular weight is 482 g/mol. The van der Waals surface area contributed by atoms with Crippen LogP contribution in [0.25, 0.3) is 12.2 Å². The molecule has 0 N–H and O–H groups in total. The number of nitrogens with zero attached hydrogens (tertiary/aromatic N) is 3. The van der Waals surface area contributed by atoms with Crippen LogP contribution in [0.4, 0.5) is 0 Å². The first-order chi connectivity index (χ1) is 15.6. The first-order valence-electron chi connectivity index (χ1n) is 9.62. The Kier molecular flexibility index (Phi) is 7.27. The van der Waals surface area contributed by atoms with Gasteiger partial charge in [-0.25, -0.2) is 0 Å². The van der Waals surface area contributed by atoms with Gasteiger partial charge in [-0.1, -0.05) is 71.7 Å². The molecule has 0 aliphatic carbocycles. The highest BCUT2D eigenvalue weighted by atomic mass is 35.5. The molecule has 32 heavy (non-hydrogen) atoms. The zero-order valence-electron chi connectivity index (χ0n) is 16.7. The van der Waals surface area contributed by atoms with Gasteiger partial charge in [0.25, 0.3) is 5.91 Å². The fourth-order valence-corrected chi connectivity index (χ4v) is 4.18. The summed E-state index contributed by atoms with van der Waals surface area (Å²) in [4.78, 5) is 15.1. The lowest BCUT2D eigenvalue weighted by Gasteiger charge is -2.12. The highest BCUT2D eigenvalue weighted by molar-refractivity contribution is 8.18. The number of hydrogen-bond acceptors (Lipinski definition) is 5. The van der Waals surface area contributed by atoms with Crippen LogP contribution in [0.1, 0.15) is 16.9 Å². The van der Waals surface area contributed by atoms with E-state index in [4.69, 9.17) is 27.6 Å². The minimum atomic E-state index is -0.212. The molecule has 0 unspecified atom stereocenters. The fraction of sp³-hybridized carbons (Fsp3) is 0.0417. The van der Waals surface area contributed by atoms with E-state index in [2.05, 4.69) is 10.2 Å². The maximum absolute atomic E-state index is 13.1. The zero-order valence-corrected chi connectivity index (χ0v) is 19.0. The topological polar surface area (TPSA) is 58.2 Å². The number of amidine groups is 1. The van der Waals surface area contributed by atoms with Gasteiger partial charge < -0.3 is 4.42 Å². The molecule has 160 valence electrons. The van der Waals surface area contributed by atoms with Crippen molar-refractivity contribution in [2.24, 2.45) is 10.2 Å². The van der Waals surface area contributed by atoms with Gasteiger partial charge in [-0.15, -0.1) is 5.10 Å². The summed E-state index contributed by atoms with van der Waals surface area (Å²) in [6.45, 7) is 0.244. The number of carbonyl (C=O) groups excluding carboxylic acids is 1. The van der Waals surface area contributed by atoms with Crippen LogP contribution in [-0.2, 0) is 11.3 Å². The van der Waals surface area contributed by atoms with Crippen molar-refractivity contribution in [1.29, 1.82) is 0 Å². The van der Waals surface area contributed by atoms with Crippen molar-refractivity contribution in [2.75, 3.05) is 0 Å². The van der Waals surface area contributed by atoms with E-state index in [0.29, 0.717) is 31.4 Å². The number of hydrogen-bond donors (Lipinski definition) is 0. The van der Waals surface area contributed by atoms with Gasteiger partial charge in [0.1, 0.15) is 5.76 Å². The maximum Gasteiger partial charge on any atom is 0.267 e. The Morgan fingerprint density at radius 3 is 2.66 bits per heavy atom. The third-order valence-corrected chi connectivity index (χ3v) is 6.26. The largest absolute Gasteiger partial charge is 0.467 e. The molecule has 4 rings (SSSR count). The van der Waals surface area contributed by atoms with Gasteiger partial charge >= 0.3 is 0 Å². The third-order valence-electron chi connectivity index (χ3n) is 4.43. The molecule has 0 saturated carbocycles. The molecule has 0 bridgehead atoms. The molecule has 2 aromatic carbocycles. The van der Waals surface area contributed by atoms with E-state index in [1.54, 1.807) is 55.0 Å². The van der Waals surface area contributed by atoms with Crippen LogP contribution in [0.3, 0.4) is 0 Å². The molecule has 1 saturated heterocycles. The zero-order chi connectivity index (χ0) is 22.3. The van der Waals surface area contributed by atoms with Crippen molar-refractivity contribution in [2.45, 2.75) is 6.54 Å². The number of halogens is 2. The highest BCUT2D eigenvalue weighted by Crippen LogP contribution is 2.36.